The van der Waals surface area contributed by atoms with Gasteiger partial charge in [-0.15, -0.1) is 0 Å². The van der Waals surface area contributed by atoms with E-state index in [9.17, 15) is 0 Å². The summed E-state index contributed by atoms with van der Waals surface area (Å²) in [5.41, 5.74) is 3.02. The molecular formula is C16H25NS. The summed E-state index contributed by atoms with van der Waals surface area (Å²) in [4.78, 5) is 0. The Kier molecular flexibility index (Phi) is 5.13. The lowest BCUT2D eigenvalue weighted by atomic mass is 9.74. The first-order valence-electron chi connectivity index (χ1n) is 7.05. The average molecular weight is 263 g/mol. The van der Waals surface area contributed by atoms with Gasteiger partial charge in [-0.05, 0) is 49.5 Å². The topological polar surface area (TPSA) is 12.0 Å². The fourth-order valence-corrected chi connectivity index (χ4v) is 3.61. The second-order valence-corrected chi connectivity index (χ2v) is 6.36. The summed E-state index contributed by atoms with van der Waals surface area (Å²) < 4.78 is 0. The van der Waals surface area contributed by atoms with Gasteiger partial charge in [0, 0.05) is 17.8 Å². The maximum atomic E-state index is 3.80. The van der Waals surface area contributed by atoms with E-state index in [1.807, 2.05) is 11.8 Å². The predicted octanol–water partition coefficient (Wildman–Crippen LogP) is 3.97. The molecule has 1 aliphatic carbocycles. The van der Waals surface area contributed by atoms with Gasteiger partial charge in [-0.3, -0.25) is 0 Å². The van der Waals surface area contributed by atoms with Crippen LogP contribution < -0.4 is 5.32 Å². The van der Waals surface area contributed by atoms with Crippen molar-refractivity contribution in [3.05, 3.63) is 35.4 Å². The monoisotopic (exact) mass is 263 g/mol. The number of aryl methyl sites for hydroxylation is 1. The molecule has 1 fully saturated rings. The molecule has 1 aromatic carbocycles. The molecule has 1 unspecified atom stereocenters. The molecule has 1 aliphatic rings. The number of nitrogens with one attached hydrogen (secondary N) is 1. The second kappa shape index (κ2) is 6.63. The van der Waals surface area contributed by atoms with Crippen molar-refractivity contribution in [3.8, 4) is 0 Å². The smallest absolute Gasteiger partial charge is 0.0158 e. The number of thioether (sulfide) groups is 1. The highest BCUT2D eigenvalue weighted by Gasteiger charge is 2.31. The lowest BCUT2D eigenvalue weighted by molar-refractivity contribution is 0.268. The van der Waals surface area contributed by atoms with E-state index in [0.29, 0.717) is 6.04 Å². The van der Waals surface area contributed by atoms with Crippen LogP contribution in [0, 0.1) is 6.92 Å². The van der Waals surface area contributed by atoms with Crippen LogP contribution in [0.2, 0.25) is 0 Å². The molecule has 100 valence electrons. The van der Waals surface area contributed by atoms with Crippen LogP contribution in [0.3, 0.4) is 0 Å². The Morgan fingerprint density at radius 1 is 1.33 bits per heavy atom. The lowest BCUT2D eigenvalue weighted by Gasteiger charge is -2.39. The fourth-order valence-electron chi connectivity index (χ4n) is 2.87. The molecule has 0 saturated heterocycles. The molecule has 0 amide bonds. The first kappa shape index (κ1) is 14.0. The quantitative estimate of drug-likeness (QED) is 0.833. The predicted molar refractivity (Wildman–Crippen MR) is 82.5 cm³/mol. The van der Waals surface area contributed by atoms with Gasteiger partial charge in [0.25, 0.3) is 0 Å². The van der Waals surface area contributed by atoms with E-state index in [-0.39, 0.29) is 0 Å². The molecule has 0 bridgehead atoms. The molecule has 18 heavy (non-hydrogen) atoms. The second-order valence-electron chi connectivity index (χ2n) is 5.45. The Morgan fingerprint density at radius 3 is 2.67 bits per heavy atom. The third kappa shape index (κ3) is 3.30. The summed E-state index contributed by atoms with van der Waals surface area (Å²) in [6, 6.07) is 10.3. The summed E-state index contributed by atoms with van der Waals surface area (Å²) in [7, 11) is 0. The Bertz CT molecular complexity index is 371. The van der Waals surface area contributed by atoms with Crippen molar-refractivity contribution in [1.82, 2.24) is 5.32 Å². The van der Waals surface area contributed by atoms with E-state index in [2.05, 4.69) is 49.7 Å². The van der Waals surface area contributed by atoms with Crippen LogP contribution in [-0.4, -0.2) is 24.1 Å². The van der Waals surface area contributed by atoms with Crippen molar-refractivity contribution in [3.63, 3.8) is 0 Å². The SMILES string of the molecule is CCC(CSC)NC1CC(c2ccccc2C)C1. The minimum absolute atomic E-state index is 0.697. The third-order valence-electron chi connectivity index (χ3n) is 4.10. The summed E-state index contributed by atoms with van der Waals surface area (Å²) in [6.45, 7) is 4.52. The molecule has 2 heteroatoms. The maximum Gasteiger partial charge on any atom is 0.0158 e. The van der Waals surface area contributed by atoms with E-state index < -0.39 is 0 Å². The zero-order chi connectivity index (χ0) is 13.0. The van der Waals surface area contributed by atoms with Gasteiger partial charge in [0.05, 0.1) is 0 Å². The van der Waals surface area contributed by atoms with Gasteiger partial charge in [0.1, 0.15) is 0 Å². The van der Waals surface area contributed by atoms with Crippen molar-refractivity contribution in [2.45, 2.75) is 51.1 Å². The fraction of sp³-hybridized carbons (Fsp3) is 0.625. The molecule has 0 aromatic heterocycles. The first-order valence-corrected chi connectivity index (χ1v) is 8.44. The molecule has 0 heterocycles. The molecule has 1 saturated carbocycles. The Hall–Kier alpha value is -0.470. The Balaban J connectivity index is 1.82. The highest BCUT2D eigenvalue weighted by Crippen LogP contribution is 2.38. The standard InChI is InChI=1S/C16H25NS/c1-4-14(11-18-3)17-15-9-13(10-15)16-8-6-5-7-12(16)2/h5-8,13-15,17H,4,9-11H2,1-3H3. The van der Waals surface area contributed by atoms with Crippen molar-refractivity contribution < 1.29 is 0 Å². The Morgan fingerprint density at radius 2 is 2.06 bits per heavy atom. The minimum atomic E-state index is 0.697. The lowest BCUT2D eigenvalue weighted by Crippen LogP contribution is -2.46. The molecule has 1 nitrogen and oxygen atoms in total. The van der Waals surface area contributed by atoms with Crippen LogP contribution in [-0.2, 0) is 0 Å². The average Bonchev–Trinajstić information content (AvgIpc) is 2.33. The van der Waals surface area contributed by atoms with Gasteiger partial charge in [0.2, 0.25) is 0 Å². The zero-order valence-electron chi connectivity index (χ0n) is 11.8. The number of rotatable bonds is 6. The van der Waals surface area contributed by atoms with Crippen LogP contribution >= 0.6 is 11.8 Å². The number of hydrogen-bond acceptors (Lipinski definition) is 2. The molecule has 1 atom stereocenters. The van der Waals surface area contributed by atoms with Gasteiger partial charge >= 0.3 is 0 Å². The largest absolute Gasteiger partial charge is 0.310 e. The van der Waals surface area contributed by atoms with Crippen molar-refractivity contribution in [1.29, 1.82) is 0 Å². The summed E-state index contributed by atoms with van der Waals surface area (Å²) in [6.07, 6.45) is 6.07. The molecule has 0 spiro atoms. The molecule has 1 N–H and O–H groups in total. The molecule has 2 rings (SSSR count). The van der Waals surface area contributed by atoms with Crippen LogP contribution in [0.4, 0.5) is 0 Å². The maximum absolute atomic E-state index is 3.80. The van der Waals surface area contributed by atoms with Crippen molar-refractivity contribution in [2.24, 2.45) is 0 Å². The molecule has 1 aromatic rings. The number of hydrogen-bond donors (Lipinski definition) is 1. The highest BCUT2D eigenvalue weighted by atomic mass is 32.2. The molecular weight excluding hydrogens is 238 g/mol. The zero-order valence-corrected chi connectivity index (χ0v) is 12.6. The molecule has 0 radical (unpaired) electrons. The van der Waals surface area contributed by atoms with Gasteiger partial charge < -0.3 is 5.32 Å². The minimum Gasteiger partial charge on any atom is -0.310 e. The highest BCUT2D eigenvalue weighted by molar-refractivity contribution is 7.98. The van der Waals surface area contributed by atoms with E-state index in [0.717, 1.165) is 12.0 Å². The summed E-state index contributed by atoms with van der Waals surface area (Å²) >= 11 is 1.95. The van der Waals surface area contributed by atoms with Crippen molar-refractivity contribution in [2.75, 3.05) is 12.0 Å². The van der Waals surface area contributed by atoms with Crippen LogP contribution in [0.25, 0.3) is 0 Å². The third-order valence-corrected chi connectivity index (χ3v) is 4.83. The summed E-state index contributed by atoms with van der Waals surface area (Å²) in [5.74, 6) is 2.03. The Labute approximate surface area is 116 Å². The molecule has 0 aliphatic heterocycles. The van der Waals surface area contributed by atoms with Gasteiger partial charge in [-0.1, -0.05) is 31.2 Å². The van der Waals surface area contributed by atoms with E-state index >= 15 is 0 Å². The van der Waals surface area contributed by atoms with Gasteiger partial charge in [-0.25, -0.2) is 0 Å². The van der Waals surface area contributed by atoms with Gasteiger partial charge in [-0.2, -0.15) is 11.8 Å². The van der Waals surface area contributed by atoms with Crippen LogP contribution in [0.5, 0.6) is 0 Å². The normalized spacial score (nSPS) is 24.6. The van der Waals surface area contributed by atoms with Gasteiger partial charge in [0.15, 0.2) is 0 Å². The first-order chi connectivity index (χ1) is 8.74. The van der Waals surface area contributed by atoms with E-state index in [4.69, 9.17) is 0 Å². The summed E-state index contributed by atoms with van der Waals surface area (Å²) in [5, 5.41) is 3.80. The van der Waals surface area contributed by atoms with Crippen LogP contribution in [0.15, 0.2) is 24.3 Å². The van der Waals surface area contributed by atoms with Crippen molar-refractivity contribution >= 4 is 11.8 Å². The van der Waals surface area contributed by atoms with E-state index in [1.165, 1.54) is 30.6 Å². The van der Waals surface area contributed by atoms with Crippen LogP contribution in [0.1, 0.15) is 43.2 Å². The van der Waals surface area contributed by atoms with E-state index in [1.54, 1.807) is 5.56 Å². The number of benzene rings is 1.